The Morgan fingerprint density at radius 2 is 2.20 bits per heavy atom. The topological polar surface area (TPSA) is 57.3 Å². The van der Waals surface area contributed by atoms with Gasteiger partial charge in [-0.2, -0.15) is 0 Å². The molecule has 1 aromatic carbocycles. The van der Waals surface area contributed by atoms with Gasteiger partial charge in [0.2, 0.25) is 5.91 Å². The van der Waals surface area contributed by atoms with E-state index in [1.165, 1.54) is 12.1 Å². The molecule has 1 aromatic heterocycles. The molecular weight excluding hydrogens is 319 g/mol. The fraction of sp³-hybridized carbons (Fsp3) is 0.368. The molecule has 0 spiro atoms. The van der Waals surface area contributed by atoms with Crippen LogP contribution in [0.4, 0.5) is 4.39 Å². The number of rotatable bonds is 5. The molecule has 1 amide bonds. The standard InChI is InChI=1S/C19H23FN4O/c1-14(15-4-6-17(20)7-5-15)23-19(25)13-24-10-9-22-12-18(24)16-3-2-8-21-11-16/h2-8,11,14,18,22H,9-10,12-13H2,1H3,(H,23,25). The molecule has 3 rings (SSSR count). The number of amides is 1. The van der Waals surface area contributed by atoms with Crippen molar-refractivity contribution < 1.29 is 9.18 Å². The molecule has 25 heavy (non-hydrogen) atoms. The molecule has 2 N–H and O–H groups in total. The monoisotopic (exact) mass is 342 g/mol. The number of nitrogens with one attached hydrogen (secondary N) is 2. The number of hydrogen-bond donors (Lipinski definition) is 2. The van der Waals surface area contributed by atoms with Gasteiger partial charge < -0.3 is 10.6 Å². The van der Waals surface area contributed by atoms with Crippen LogP contribution in [0.2, 0.25) is 0 Å². The number of halogens is 1. The van der Waals surface area contributed by atoms with Crippen molar-refractivity contribution in [3.05, 3.63) is 65.7 Å². The minimum absolute atomic E-state index is 0.0346. The van der Waals surface area contributed by atoms with E-state index in [4.69, 9.17) is 0 Å². The molecule has 132 valence electrons. The second-order valence-electron chi connectivity index (χ2n) is 6.32. The summed E-state index contributed by atoms with van der Waals surface area (Å²) in [4.78, 5) is 18.8. The van der Waals surface area contributed by atoms with Gasteiger partial charge in [-0.05, 0) is 36.2 Å². The number of pyridine rings is 1. The van der Waals surface area contributed by atoms with Crippen molar-refractivity contribution in [3.63, 3.8) is 0 Å². The van der Waals surface area contributed by atoms with Crippen LogP contribution < -0.4 is 10.6 Å². The molecule has 0 bridgehead atoms. The van der Waals surface area contributed by atoms with Crippen molar-refractivity contribution in [2.24, 2.45) is 0 Å². The van der Waals surface area contributed by atoms with E-state index in [2.05, 4.69) is 20.5 Å². The average molecular weight is 342 g/mol. The summed E-state index contributed by atoms with van der Waals surface area (Å²) in [5, 5.41) is 6.37. The summed E-state index contributed by atoms with van der Waals surface area (Å²) in [5.74, 6) is -0.310. The van der Waals surface area contributed by atoms with Crippen LogP contribution in [0.3, 0.4) is 0 Å². The molecule has 2 atom stereocenters. The van der Waals surface area contributed by atoms with Crippen molar-refractivity contribution in [1.82, 2.24) is 20.5 Å². The number of piperazine rings is 1. The predicted octanol–water partition coefficient (Wildman–Crippen LogP) is 2.04. The van der Waals surface area contributed by atoms with Crippen LogP contribution in [0.5, 0.6) is 0 Å². The highest BCUT2D eigenvalue weighted by atomic mass is 19.1. The summed E-state index contributed by atoms with van der Waals surface area (Å²) in [5.41, 5.74) is 1.99. The van der Waals surface area contributed by atoms with Crippen molar-refractivity contribution >= 4 is 5.91 Å². The molecule has 6 heteroatoms. The van der Waals surface area contributed by atoms with Gasteiger partial charge in [0.05, 0.1) is 12.6 Å². The summed E-state index contributed by atoms with van der Waals surface area (Å²) in [6.45, 7) is 4.69. The molecule has 1 saturated heterocycles. The third-order valence-corrected chi connectivity index (χ3v) is 4.52. The van der Waals surface area contributed by atoms with Gasteiger partial charge in [0.25, 0.3) is 0 Å². The van der Waals surface area contributed by atoms with Crippen LogP contribution in [0.1, 0.15) is 30.1 Å². The molecule has 5 nitrogen and oxygen atoms in total. The largest absolute Gasteiger partial charge is 0.348 e. The highest BCUT2D eigenvalue weighted by Crippen LogP contribution is 2.21. The third-order valence-electron chi connectivity index (χ3n) is 4.52. The Bertz CT molecular complexity index is 692. The molecule has 0 saturated carbocycles. The third kappa shape index (κ3) is 4.61. The van der Waals surface area contributed by atoms with Gasteiger partial charge in [-0.3, -0.25) is 14.7 Å². The number of nitrogens with zero attached hydrogens (tertiary/aromatic N) is 2. The molecule has 1 fully saturated rings. The van der Waals surface area contributed by atoms with Gasteiger partial charge in [-0.25, -0.2) is 4.39 Å². The lowest BCUT2D eigenvalue weighted by Gasteiger charge is -2.36. The van der Waals surface area contributed by atoms with Crippen molar-refractivity contribution in [2.75, 3.05) is 26.2 Å². The maximum absolute atomic E-state index is 13.0. The quantitative estimate of drug-likeness (QED) is 0.873. The summed E-state index contributed by atoms with van der Waals surface area (Å²) < 4.78 is 13.0. The van der Waals surface area contributed by atoms with Crippen LogP contribution in [-0.2, 0) is 4.79 Å². The van der Waals surface area contributed by atoms with Gasteiger partial charge in [0.15, 0.2) is 0 Å². The molecule has 1 aliphatic rings. The maximum Gasteiger partial charge on any atom is 0.234 e. The van der Waals surface area contributed by atoms with E-state index in [9.17, 15) is 9.18 Å². The lowest BCUT2D eigenvalue weighted by Crippen LogP contribution is -2.49. The van der Waals surface area contributed by atoms with Gasteiger partial charge in [0.1, 0.15) is 5.82 Å². The molecule has 2 heterocycles. The number of carbonyl (C=O) groups is 1. The van der Waals surface area contributed by atoms with E-state index in [0.717, 1.165) is 30.8 Å². The van der Waals surface area contributed by atoms with Crippen molar-refractivity contribution in [2.45, 2.75) is 19.0 Å². The molecule has 2 unspecified atom stereocenters. The van der Waals surface area contributed by atoms with E-state index in [1.54, 1.807) is 18.3 Å². The zero-order valence-electron chi connectivity index (χ0n) is 14.3. The first-order valence-electron chi connectivity index (χ1n) is 8.53. The summed E-state index contributed by atoms with van der Waals surface area (Å²) >= 11 is 0. The first kappa shape index (κ1) is 17.5. The zero-order chi connectivity index (χ0) is 17.6. The number of carbonyl (C=O) groups excluding carboxylic acids is 1. The Balaban J connectivity index is 1.61. The molecule has 0 aliphatic carbocycles. The zero-order valence-corrected chi connectivity index (χ0v) is 14.3. The SMILES string of the molecule is CC(NC(=O)CN1CCNCC1c1cccnc1)c1ccc(F)cc1. The number of hydrogen-bond acceptors (Lipinski definition) is 4. The van der Waals surface area contributed by atoms with Gasteiger partial charge >= 0.3 is 0 Å². The van der Waals surface area contributed by atoms with Crippen molar-refractivity contribution in [1.29, 1.82) is 0 Å². The predicted molar refractivity (Wildman–Crippen MR) is 94.4 cm³/mol. The van der Waals surface area contributed by atoms with E-state index >= 15 is 0 Å². The number of aromatic nitrogens is 1. The van der Waals surface area contributed by atoms with Crippen molar-refractivity contribution in [3.8, 4) is 0 Å². The molecular formula is C19H23FN4O. The van der Waals surface area contributed by atoms with Gasteiger partial charge in [-0.15, -0.1) is 0 Å². The minimum Gasteiger partial charge on any atom is -0.348 e. The fourth-order valence-corrected chi connectivity index (χ4v) is 3.14. The van der Waals surface area contributed by atoms with Crippen LogP contribution in [-0.4, -0.2) is 42.0 Å². The Kier molecular flexibility index (Phi) is 5.73. The highest BCUT2D eigenvalue weighted by Gasteiger charge is 2.26. The van der Waals surface area contributed by atoms with E-state index < -0.39 is 0 Å². The molecule has 2 aromatic rings. The van der Waals surface area contributed by atoms with Crippen LogP contribution in [0.25, 0.3) is 0 Å². The summed E-state index contributed by atoms with van der Waals surface area (Å²) in [7, 11) is 0. The van der Waals surface area contributed by atoms with E-state index in [1.807, 2.05) is 25.3 Å². The maximum atomic E-state index is 13.0. The first-order chi connectivity index (χ1) is 12.1. The van der Waals surface area contributed by atoms with Gasteiger partial charge in [0, 0.05) is 38.1 Å². The number of benzene rings is 1. The van der Waals surface area contributed by atoms with Gasteiger partial charge in [-0.1, -0.05) is 18.2 Å². The Morgan fingerprint density at radius 1 is 1.40 bits per heavy atom. The Labute approximate surface area is 147 Å². The lowest BCUT2D eigenvalue weighted by atomic mass is 10.1. The van der Waals surface area contributed by atoms with Crippen LogP contribution in [0, 0.1) is 5.82 Å². The highest BCUT2D eigenvalue weighted by molar-refractivity contribution is 5.78. The second kappa shape index (κ2) is 8.18. The smallest absolute Gasteiger partial charge is 0.234 e. The van der Waals surface area contributed by atoms with Crippen LogP contribution >= 0.6 is 0 Å². The van der Waals surface area contributed by atoms with E-state index in [0.29, 0.717) is 6.54 Å². The molecule has 1 aliphatic heterocycles. The summed E-state index contributed by atoms with van der Waals surface area (Å²) in [6, 6.07) is 10.1. The molecule has 0 radical (unpaired) electrons. The normalized spacial score (nSPS) is 19.4. The van der Waals surface area contributed by atoms with E-state index in [-0.39, 0.29) is 23.8 Å². The minimum atomic E-state index is -0.276. The van der Waals surface area contributed by atoms with Crippen LogP contribution in [0.15, 0.2) is 48.8 Å². The fourth-order valence-electron chi connectivity index (χ4n) is 3.14. The average Bonchev–Trinajstić information content (AvgIpc) is 2.63. The Morgan fingerprint density at radius 3 is 2.92 bits per heavy atom. The summed E-state index contributed by atoms with van der Waals surface area (Å²) in [6.07, 6.45) is 3.60. The first-order valence-corrected chi connectivity index (χ1v) is 8.53. The Hall–Kier alpha value is -2.31. The second-order valence-corrected chi connectivity index (χ2v) is 6.32. The lowest BCUT2D eigenvalue weighted by molar-refractivity contribution is -0.123.